The maximum absolute atomic E-state index is 12.5. The zero-order chi connectivity index (χ0) is 18.5. The van der Waals surface area contributed by atoms with Crippen molar-refractivity contribution in [3.8, 4) is 17.2 Å². The lowest BCUT2D eigenvalue weighted by Gasteiger charge is -2.25. The molecule has 5 heteroatoms. The summed E-state index contributed by atoms with van der Waals surface area (Å²) < 4.78 is 16.8. The lowest BCUT2D eigenvalue weighted by molar-refractivity contribution is 0.0938. The minimum Gasteiger partial charge on any atom is -0.493 e. The summed E-state index contributed by atoms with van der Waals surface area (Å²) in [5.74, 6) is 2.27. The van der Waals surface area contributed by atoms with Gasteiger partial charge in [-0.1, -0.05) is 18.2 Å². The lowest BCUT2D eigenvalue weighted by Crippen LogP contribution is -2.34. The molecular weight excluding hydrogens is 330 g/mol. The van der Waals surface area contributed by atoms with Crippen molar-refractivity contribution < 1.29 is 19.0 Å². The molecule has 3 rings (SSSR count). The Labute approximate surface area is 154 Å². The number of para-hydroxylation sites is 1. The molecule has 2 aromatic carbocycles. The van der Waals surface area contributed by atoms with Crippen LogP contribution < -0.4 is 19.5 Å². The van der Waals surface area contributed by atoms with E-state index in [-0.39, 0.29) is 17.9 Å². The van der Waals surface area contributed by atoms with Crippen LogP contribution in [-0.2, 0) is 6.42 Å². The van der Waals surface area contributed by atoms with Crippen LogP contribution >= 0.6 is 0 Å². The van der Waals surface area contributed by atoms with E-state index in [0.29, 0.717) is 30.2 Å². The Balaban J connectivity index is 1.60. The van der Waals surface area contributed by atoms with Gasteiger partial charge in [-0.3, -0.25) is 4.79 Å². The summed E-state index contributed by atoms with van der Waals surface area (Å²) in [5, 5.41) is 3.00. The van der Waals surface area contributed by atoms with E-state index in [1.807, 2.05) is 32.0 Å². The fourth-order valence-electron chi connectivity index (χ4n) is 3.02. The van der Waals surface area contributed by atoms with Gasteiger partial charge in [-0.05, 0) is 50.1 Å². The second-order valence-corrected chi connectivity index (χ2v) is 6.73. The fourth-order valence-corrected chi connectivity index (χ4v) is 3.02. The molecule has 1 N–H and O–H groups in total. The normalized spacial score (nSPS) is 15.8. The zero-order valence-electron chi connectivity index (χ0n) is 15.5. The number of fused-ring (bicyclic) bond motifs is 1. The van der Waals surface area contributed by atoms with E-state index in [9.17, 15) is 4.79 Å². The van der Waals surface area contributed by atoms with Crippen molar-refractivity contribution in [2.75, 3.05) is 20.3 Å². The largest absolute Gasteiger partial charge is 0.493 e. The minimum absolute atomic E-state index is 0.0396. The van der Waals surface area contributed by atoms with E-state index in [1.54, 1.807) is 25.3 Å². The van der Waals surface area contributed by atoms with Gasteiger partial charge in [-0.25, -0.2) is 0 Å². The maximum atomic E-state index is 12.5. The molecule has 1 unspecified atom stereocenters. The zero-order valence-corrected chi connectivity index (χ0v) is 15.5. The Bertz CT molecular complexity index is 772. The Hall–Kier alpha value is -2.69. The number of carbonyl (C=O) groups is 1. The molecule has 138 valence electrons. The van der Waals surface area contributed by atoms with E-state index in [1.165, 1.54) is 5.56 Å². The number of benzene rings is 2. The number of carbonyl (C=O) groups excluding carboxylic acids is 1. The maximum Gasteiger partial charge on any atom is 0.251 e. The number of nitrogens with one attached hydrogen (secondary N) is 1. The highest BCUT2D eigenvalue weighted by Crippen LogP contribution is 2.29. The summed E-state index contributed by atoms with van der Waals surface area (Å²) >= 11 is 0. The number of methoxy groups -OCH3 is 1. The van der Waals surface area contributed by atoms with Crippen molar-refractivity contribution in [3.63, 3.8) is 0 Å². The molecule has 1 amide bonds. The Morgan fingerprint density at radius 2 is 2.04 bits per heavy atom. The van der Waals surface area contributed by atoms with E-state index < -0.39 is 0 Å². The number of hydrogen-bond donors (Lipinski definition) is 1. The van der Waals surface area contributed by atoms with Crippen molar-refractivity contribution in [1.82, 2.24) is 5.32 Å². The average molecular weight is 355 g/mol. The van der Waals surface area contributed by atoms with Crippen LogP contribution in [0.2, 0.25) is 0 Å². The quantitative estimate of drug-likeness (QED) is 0.862. The second kappa shape index (κ2) is 8.13. The van der Waals surface area contributed by atoms with E-state index >= 15 is 0 Å². The molecule has 1 aliphatic rings. The van der Waals surface area contributed by atoms with Crippen molar-refractivity contribution >= 4 is 5.91 Å². The fraction of sp³-hybridized carbons (Fsp3) is 0.381. The highest BCUT2D eigenvalue weighted by Gasteiger charge is 2.20. The number of amides is 1. The first-order valence-corrected chi connectivity index (χ1v) is 8.90. The van der Waals surface area contributed by atoms with Crippen LogP contribution in [0.1, 0.15) is 29.8 Å². The van der Waals surface area contributed by atoms with Gasteiger partial charge in [0, 0.05) is 18.0 Å². The number of hydrogen-bond acceptors (Lipinski definition) is 4. The van der Waals surface area contributed by atoms with Crippen LogP contribution in [0, 0.1) is 5.92 Å². The van der Waals surface area contributed by atoms with Gasteiger partial charge in [0.15, 0.2) is 11.5 Å². The number of rotatable bonds is 6. The van der Waals surface area contributed by atoms with Crippen LogP contribution in [0.15, 0.2) is 42.5 Å². The molecular formula is C21H25NO4. The third-order valence-corrected chi connectivity index (χ3v) is 4.30. The molecule has 1 heterocycles. The first-order valence-electron chi connectivity index (χ1n) is 8.90. The van der Waals surface area contributed by atoms with Crippen LogP contribution in [0.5, 0.6) is 17.2 Å². The standard InChI is InChI=1S/C21H25NO4/c1-14(2)26-19-9-8-17(11-20(19)24-3)21(23)22-12-15-10-16-6-4-5-7-18(16)25-13-15/h4-9,11,14-15H,10,12-13H2,1-3H3,(H,22,23). The predicted molar refractivity (Wildman–Crippen MR) is 100 cm³/mol. The van der Waals surface area contributed by atoms with Gasteiger partial charge >= 0.3 is 0 Å². The van der Waals surface area contributed by atoms with E-state index in [2.05, 4.69) is 11.4 Å². The van der Waals surface area contributed by atoms with E-state index in [0.717, 1.165) is 12.2 Å². The summed E-state index contributed by atoms with van der Waals surface area (Å²) in [6.45, 7) is 5.08. The molecule has 0 radical (unpaired) electrons. The highest BCUT2D eigenvalue weighted by atomic mass is 16.5. The topological polar surface area (TPSA) is 56.8 Å². The first-order chi connectivity index (χ1) is 12.6. The third kappa shape index (κ3) is 4.28. The monoisotopic (exact) mass is 355 g/mol. The molecule has 0 saturated carbocycles. The summed E-state index contributed by atoms with van der Waals surface area (Å²) in [6, 6.07) is 13.3. The predicted octanol–water partition coefficient (Wildman–Crippen LogP) is 3.46. The number of ether oxygens (including phenoxy) is 3. The molecule has 0 saturated heterocycles. The Morgan fingerprint density at radius 3 is 2.81 bits per heavy atom. The molecule has 1 aliphatic heterocycles. The summed E-state index contributed by atoms with van der Waals surface area (Å²) in [7, 11) is 1.57. The van der Waals surface area contributed by atoms with Gasteiger partial charge in [-0.2, -0.15) is 0 Å². The summed E-state index contributed by atoms with van der Waals surface area (Å²) in [6.07, 6.45) is 0.943. The van der Waals surface area contributed by atoms with Crippen LogP contribution in [-0.4, -0.2) is 32.3 Å². The van der Waals surface area contributed by atoms with Crippen molar-refractivity contribution in [2.45, 2.75) is 26.4 Å². The van der Waals surface area contributed by atoms with Crippen LogP contribution in [0.4, 0.5) is 0 Å². The van der Waals surface area contributed by atoms with Gasteiger partial charge in [0.05, 0.1) is 19.8 Å². The van der Waals surface area contributed by atoms with Crippen molar-refractivity contribution in [2.24, 2.45) is 5.92 Å². The smallest absolute Gasteiger partial charge is 0.251 e. The Morgan fingerprint density at radius 1 is 1.23 bits per heavy atom. The molecule has 0 aliphatic carbocycles. The Kier molecular flexibility index (Phi) is 5.66. The molecule has 0 fully saturated rings. The van der Waals surface area contributed by atoms with Crippen LogP contribution in [0.3, 0.4) is 0 Å². The van der Waals surface area contributed by atoms with Gasteiger partial charge in [-0.15, -0.1) is 0 Å². The van der Waals surface area contributed by atoms with E-state index in [4.69, 9.17) is 14.2 Å². The third-order valence-electron chi connectivity index (χ3n) is 4.30. The van der Waals surface area contributed by atoms with Gasteiger partial charge in [0.1, 0.15) is 5.75 Å². The van der Waals surface area contributed by atoms with Crippen molar-refractivity contribution in [3.05, 3.63) is 53.6 Å². The minimum atomic E-state index is -0.127. The van der Waals surface area contributed by atoms with Crippen molar-refractivity contribution in [1.29, 1.82) is 0 Å². The SMILES string of the molecule is COc1cc(C(=O)NCC2COc3ccccc3C2)ccc1OC(C)C. The summed E-state index contributed by atoms with van der Waals surface area (Å²) in [5.41, 5.74) is 1.74. The molecule has 0 bridgehead atoms. The summed E-state index contributed by atoms with van der Waals surface area (Å²) in [4.78, 5) is 12.5. The van der Waals surface area contributed by atoms with Gasteiger partial charge < -0.3 is 19.5 Å². The molecule has 26 heavy (non-hydrogen) atoms. The molecule has 2 aromatic rings. The molecule has 1 atom stereocenters. The average Bonchev–Trinajstić information content (AvgIpc) is 2.65. The molecule has 0 aromatic heterocycles. The van der Waals surface area contributed by atoms with Gasteiger partial charge in [0.25, 0.3) is 5.91 Å². The first kappa shape index (κ1) is 18.1. The molecule has 0 spiro atoms. The molecule has 5 nitrogen and oxygen atoms in total. The second-order valence-electron chi connectivity index (χ2n) is 6.73. The van der Waals surface area contributed by atoms with Crippen LogP contribution in [0.25, 0.3) is 0 Å². The highest BCUT2D eigenvalue weighted by molar-refractivity contribution is 5.94. The lowest BCUT2D eigenvalue weighted by atomic mass is 9.96. The van der Waals surface area contributed by atoms with Gasteiger partial charge in [0.2, 0.25) is 0 Å².